The molecule has 20 heavy (non-hydrogen) atoms. The second-order valence-corrected chi connectivity index (χ2v) is 6.90. The second-order valence-electron chi connectivity index (χ2n) is 4.81. The van der Waals surface area contributed by atoms with Crippen molar-refractivity contribution in [3.05, 3.63) is 46.7 Å². The Labute approximate surface area is 127 Å². The third-order valence-electron chi connectivity index (χ3n) is 3.48. The van der Waals surface area contributed by atoms with Gasteiger partial charge in [-0.1, -0.05) is 18.2 Å². The summed E-state index contributed by atoms with van der Waals surface area (Å²) in [4.78, 5) is 2.62. The summed E-state index contributed by atoms with van der Waals surface area (Å²) >= 11 is 3.64. The van der Waals surface area contributed by atoms with Crippen LogP contribution in [0.15, 0.2) is 46.7 Å². The third kappa shape index (κ3) is 3.17. The van der Waals surface area contributed by atoms with Gasteiger partial charge >= 0.3 is 0 Å². The molecular weight excluding hydrogens is 288 g/mol. The summed E-state index contributed by atoms with van der Waals surface area (Å²) in [5.74, 6) is 7.64. The molecule has 0 bridgehead atoms. The first-order valence-corrected chi connectivity index (χ1v) is 8.60. The molecule has 5 heteroatoms. The van der Waals surface area contributed by atoms with E-state index in [1.807, 2.05) is 30.0 Å². The van der Waals surface area contributed by atoms with Gasteiger partial charge in [-0.05, 0) is 36.4 Å². The Balaban J connectivity index is 1.62. The van der Waals surface area contributed by atoms with Gasteiger partial charge in [0.1, 0.15) is 11.9 Å². The van der Waals surface area contributed by atoms with Crippen LogP contribution in [0.4, 0.5) is 0 Å². The lowest BCUT2D eigenvalue weighted by molar-refractivity contribution is 0.161. The zero-order valence-corrected chi connectivity index (χ0v) is 12.8. The van der Waals surface area contributed by atoms with Crippen molar-refractivity contribution in [2.75, 3.05) is 5.75 Å². The number of aryl methyl sites for hydroxylation is 1. The number of rotatable bonds is 5. The number of hydrogen-bond acceptors (Lipinski definition) is 5. The maximum absolute atomic E-state index is 6.09. The van der Waals surface area contributed by atoms with Crippen molar-refractivity contribution < 1.29 is 4.74 Å². The Bertz CT molecular complexity index is 545. The van der Waals surface area contributed by atoms with Gasteiger partial charge in [-0.2, -0.15) is 0 Å². The van der Waals surface area contributed by atoms with Gasteiger partial charge in [0.2, 0.25) is 0 Å². The molecule has 0 aliphatic carbocycles. The summed E-state index contributed by atoms with van der Waals surface area (Å²) in [6, 6.07) is 12.6. The minimum atomic E-state index is 0.125. The van der Waals surface area contributed by atoms with Crippen molar-refractivity contribution in [1.29, 1.82) is 0 Å². The third-order valence-corrected chi connectivity index (χ3v) is 5.55. The van der Waals surface area contributed by atoms with Crippen LogP contribution in [-0.2, 0) is 6.42 Å². The zero-order chi connectivity index (χ0) is 13.8. The molecule has 0 radical (unpaired) electrons. The van der Waals surface area contributed by atoms with Gasteiger partial charge < -0.3 is 4.74 Å². The number of hydrazine groups is 1. The fourth-order valence-electron chi connectivity index (χ4n) is 2.36. The van der Waals surface area contributed by atoms with E-state index in [2.05, 4.69) is 29.0 Å². The molecule has 0 saturated heterocycles. The van der Waals surface area contributed by atoms with Crippen molar-refractivity contribution >= 4 is 23.1 Å². The number of thioether (sulfide) groups is 1. The van der Waals surface area contributed by atoms with Crippen LogP contribution >= 0.6 is 23.1 Å². The quantitative estimate of drug-likeness (QED) is 0.658. The van der Waals surface area contributed by atoms with Gasteiger partial charge in [0.25, 0.3) is 0 Å². The van der Waals surface area contributed by atoms with Gasteiger partial charge in [0, 0.05) is 15.5 Å². The minimum absolute atomic E-state index is 0.125. The summed E-state index contributed by atoms with van der Waals surface area (Å²) in [6.07, 6.45) is 2.16. The lowest BCUT2D eigenvalue weighted by Gasteiger charge is -2.31. The number of nitrogens with one attached hydrogen (secondary N) is 1. The highest BCUT2D eigenvalue weighted by Crippen LogP contribution is 2.36. The van der Waals surface area contributed by atoms with E-state index in [4.69, 9.17) is 10.6 Å². The number of benzene rings is 1. The van der Waals surface area contributed by atoms with Crippen LogP contribution < -0.4 is 16.0 Å². The van der Waals surface area contributed by atoms with Gasteiger partial charge in [-0.3, -0.25) is 11.3 Å². The number of para-hydroxylation sites is 1. The van der Waals surface area contributed by atoms with Crippen LogP contribution in [0.25, 0.3) is 0 Å². The Morgan fingerprint density at radius 2 is 2.20 bits per heavy atom. The molecule has 3 rings (SSSR count). The van der Waals surface area contributed by atoms with E-state index in [-0.39, 0.29) is 12.1 Å². The van der Waals surface area contributed by atoms with Gasteiger partial charge in [-0.15, -0.1) is 23.1 Å². The first-order valence-electron chi connectivity index (χ1n) is 6.74. The summed E-state index contributed by atoms with van der Waals surface area (Å²) in [7, 11) is 0. The SMILES string of the molecule is NNC(CCc1cccs1)C1CSc2ccccc2O1. The highest BCUT2D eigenvalue weighted by atomic mass is 32.2. The molecule has 2 heterocycles. The molecule has 0 saturated carbocycles. The lowest BCUT2D eigenvalue weighted by Crippen LogP contribution is -2.48. The molecule has 1 aromatic heterocycles. The van der Waals surface area contributed by atoms with E-state index in [1.165, 1.54) is 9.77 Å². The van der Waals surface area contributed by atoms with Crippen LogP contribution in [0.5, 0.6) is 5.75 Å². The van der Waals surface area contributed by atoms with E-state index in [0.717, 1.165) is 24.3 Å². The second kappa shape index (κ2) is 6.63. The first kappa shape index (κ1) is 13.9. The van der Waals surface area contributed by atoms with Crippen LogP contribution in [-0.4, -0.2) is 17.9 Å². The minimum Gasteiger partial charge on any atom is -0.487 e. The van der Waals surface area contributed by atoms with Crippen LogP contribution in [0, 0.1) is 0 Å². The fourth-order valence-corrected chi connectivity index (χ4v) is 4.17. The van der Waals surface area contributed by atoms with E-state index in [9.17, 15) is 0 Å². The summed E-state index contributed by atoms with van der Waals surface area (Å²) < 4.78 is 6.09. The van der Waals surface area contributed by atoms with Gasteiger partial charge in [0.05, 0.1) is 6.04 Å². The average Bonchev–Trinajstić information content (AvgIpc) is 3.01. The first-order chi connectivity index (χ1) is 9.86. The molecule has 0 fully saturated rings. The maximum Gasteiger partial charge on any atom is 0.133 e. The van der Waals surface area contributed by atoms with Gasteiger partial charge in [-0.25, -0.2) is 0 Å². The number of nitrogens with two attached hydrogens (primary N) is 1. The number of hydrogen-bond donors (Lipinski definition) is 2. The van der Waals surface area contributed by atoms with E-state index < -0.39 is 0 Å². The Morgan fingerprint density at radius 3 is 3.00 bits per heavy atom. The highest BCUT2D eigenvalue weighted by molar-refractivity contribution is 7.99. The van der Waals surface area contributed by atoms with Crippen molar-refractivity contribution in [1.82, 2.24) is 5.43 Å². The topological polar surface area (TPSA) is 47.3 Å². The molecule has 2 aromatic rings. The lowest BCUT2D eigenvalue weighted by atomic mass is 10.1. The molecule has 0 spiro atoms. The predicted octanol–water partition coefficient (Wildman–Crippen LogP) is 3.07. The molecule has 1 aromatic carbocycles. The molecule has 3 nitrogen and oxygen atoms in total. The normalized spacial score (nSPS) is 19.1. The zero-order valence-electron chi connectivity index (χ0n) is 11.1. The average molecular weight is 306 g/mol. The molecular formula is C15H18N2OS2. The Hall–Kier alpha value is -1.01. The van der Waals surface area contributed by atoms with Crippen LogP contribution in [0.3, 0.4) is 0 Å². The Morgan fingerprint density at radius 1 is 1.30 bits per heavy atom. The molecule has 2 unspecified atom stereocenters. The van der Waals surface area contributed by atoms with Crippen molar-refractivity contribution in [3.63, 3.8) is 0 Å². The van der Waals surface area contributed by atoms with Gasteiger partial charge in [0.15, 0.2) is 0 Å². The summed E-state index contributed by atoms with van der Waals surface area (Å²) in [6.45, 7) is 0. The summed E-state index contributed by atoms with van der Waals surface area (Å²) in [5, 5.41) is 2.11. The predicted molar refractivity (Wildman–Crippen MR) is 85.3 cm³/mol. The van der Waals surface area contributed by atoms with E-state index in [1.54, 1.807) is 11.3 Å². The largest absolute Gasteiger partial charge is 0.487 e. The molecule has 1 aliphatic rings. The number of ether oxygens (including phenoxy) is 1. The van der Waals surface area contributed by atoms with Crippen molar-refractivity contribution in [3.8, 4) is 5.75 Å². The number of fused-ring (bicyclic) bond motifs is 1. The Kier molecular flexibility index (Phi) is 4.62. The molecule has 0 amide bonds. The van der Waals surface area contributed by atoms with Crippen LogP contribution in [0.2, 0.25) is 0 Å². The van der Waals surface area contributed by atoms with E-state index >= 15 is 0 Å². The smallest absolute Gasteiger partial charge is 0.133 e. The van der Waals surface area contributed by atoms with Crippen molar-refractivity contribution in [2.45, 2.75) is 29.9 Å². The standard InChI is InChI=1S/C15H18N2OS2/c16-17-12(8-7-11-4-3-9-19-11)14-10-20-15-6-2-1-5-13(15)18-14/h1-6,9,12,14,17H,7-8,10,16H2. The molecule has 1 aliphatic heterocycles. The fraction of sp³-hybridized carbons (Fsp3) is 0.333. The van der Waals surface area contributed by atoms with Crippen LogP contribution in [0.1, 0.15) is 11.3 Å². The molecule has 3 N–H and O–H groups in total. The molecule has 2 atom stereocenters. The highest BCUT2D eigenvalue weighted by Gasteiger charge is 2.27. The van der Waals surface area contributed by atoms with E-state index in [0.29, 0.717) is 0 Å². The maximum atomic E-state index is 6.09. The monoisotopic (exact) mass is 306 g/mol. The molecule has 106 valence electrons. The number of thiophene rings is 1. The van der Waals surface area contributed by atoms with Crippen molar-refractivity contribution in [2.24, 2.45) is 5.84 Å². The summed E-state index contributed by atoms with van der Waals surface area (Å²) in [5.41, 5.74) is 2.93.